The highest BCUT2D eigenvalue weighted by atomic mass is 19.1. The fourth-order valence-corrected chi connectivity index (χ4v) is 2.04. The Bertz CT molecular complexity index is 629. The van der Waals surface area contributed by atoms with Gasteiger partial charge in [0, 0.05) is 0 Å². The van der Waals surface area contributed by atoms with Crippen LogP contribution in [-0.2, 0) is 0 Å². The lowest BCUT2D eigenvalue weighted by atomic mass is 10.1. The Hall–Kier alpha value is -2.56. The van der Waals surface area contributed by atoms with Crippen molar-refractivity contribution in [1.82, 2.24) is 5.32 Å². The third-order valence-electron chi connectivity index (χ3n) is 3.15. The summed E-state index contributed by atoms with van der Waals surface area (Å²) in [4.78, 5) is 12.1. The molecule has 0 bridgehead atoms. The number of hydrogen-bond donors (Lipinski definition) is 2. The number of carbonyl (C=O) groups excluding carboxylic acids is 1. The van der Waals surface area contributed by atoms with Gasteiger partial charge in [-0.15, -0.1) is 0 Å². The summed E-state index contributed by atoms with van der Waals surface area (Å²) in [6.07, 6.45) is 0. The Balaban J connectivity index is 1.99. The summed E-state index contributed by atoms with van der Waals surface area (Å²) >= 11 is 0. The number of nitrogens with one attached hydrogen (secondary N) is 2. The molecule has 0 fully saturated rings. The van der Waals surface area contributed by atoms with E-state index in [0.717, 1.165) is 5.56 Å². The van der Waals surface area contributed by atoms with E-state index in [1.54, 1.807) is 24.3 Å². The number of carbonyl (C=O) groups is 1. The molecule has 0 aliphatic carbocycles. The SMILES string of the molecule is CCOc1ccccc1NC(=O)NC(C)c1ccc(F)cc1. The zero-order valence-corrected chi connectivity index (χ0v) is 12.6. The van der Waals surface area contributed by atoms with Gasteiger partial charge >= 0.3 is 6.03 Å². The molecule has 2 N–H and O–H groups in total. The lowest BCUT2D eigenvalue weighted by Gasteiger charge is -2.16. The zero-order valence-electron chi connectivity index (χ0n) is 12.6. The molecule has 4 nitrogen and oxygen atoms in total. The van der Waals surface area contributed by atoms with Crippen molar-refractivity contribution in [2.75, 3.05) is 11.9 Å². The van der Waals surface area contributed by atoms with Crippen LogP contribution in [0.1, 0.15) is 25.5 Å². The molecule has 116 valence electrons. The summed E-state index contributed by atoms with van der Waals surface area (Å²) in [7, 11) is 0. The first kappa shape index (κ1) is 15.8. The van der Waals surface area contributed by atoms with E-state index >= 15 is 0 Å². The summed E-state index contributed by atoms with van der Waals surface area (Å²) in [5, 5.41) is 5.56. The van der Waals surface area contributed by atoms with Crippen LogP contribution < -0.4 is 15.4 Å². The molecule has 0 spiro atoms. The minimum atomic E-state index is -0.344. The lowest BCUT2D eigenvalue weighted by molar-refractivity contribution is 0.249. The monoisotopic (exact) mass is 302 g/mol. The fourth-order valence-electron chi connectivity index (χ4n) is 2.04. The third kappa shape index (κ3) is 4.22. The first-order chi connectivity index (χ1) is 10.6. The van der Waals surface area contributed by atoms with Crippen LogP contribution in [0.5, 0.6) is 5.75 Å². The van der Waals surface area contributed by atoms with Crippen LogP contribution in [0.3, 0.4) is 0 Å². The number of rotatable bonds is 5. The maximum absolute atomic E-state index is 12.9. The number of anilines is 1. The van der Waals surface area contributed by atoms with E-state index in [4.69, 9.17) is 4.74 Å². The molecular weight excluding hydrogens is 283 g/mol. The largest absolute Gasteiger partial charge is 0.492 e. The second-order valence-electron chi connectivity index (χ2n) is 4.80. The van der Waals surface area contributed by atoms with Gasteiger partial charge in [-0.2, -0.15) is 0 Å². The van der Waals surface area contributed by atoms with Crippen LogP contribution in [0.15, 0.2) is 48.5 Å². The van der Waals surface area contributed by atoms with Crippen LogP contribution in [0.2, 0.25) is 0 Å². The Kier molecular flexibility index (Phi) is 5.36. The van der Waals surface area contributed by atoms with E-state index in [0.29, 0.717) is 18.0 Å². The van der Waals surface area contributed by atoms with Gasteiger partial charge < -0.3 is 15.4 Å². The van der Waals surface area contributed by atoms with Crippen LogP contribution in [-0.4, -0.2) is 12.6 Å². The molecule has 5 heteroatoms. The fraction of sp³-hybridized carbons (Fsp3) is 0.235. The number of para-hydroxylation sites is 2. The molecule has 2 aromatic rings. The van der Waals surface area contributed by atoms with Gasteiger partial charge in [-0.3, -0.25) is 0 Å². The number of ether oxygens (including phenoxy) is 1. The molecule has 1 atom stereocenters. The van der Waals surface area contributed by atoms with Crippen molar-refractivity contribution in [3.05, 3.63) is 59.9 Å². The molecule has 0 saturated carbocycles. The topological polar surface area (TPSA) is 50.4 Å². The van der Waals surface area contributed by atoms with Gasteiger partial charge in [0.15, 0.2) is 0 Å². The summed E-state index contributed by atoms with van der Waals surface area (Å²) in [5.41, 5.74) is 1.43. The normalized spacial score (nSPS) is 11.6. The summed E-state index contributed by atoms with van der Waals surface area (Å²) in [6.45, 7) is 4.24. The molecule has 2 aromatic carbocycles. The van der Waals surface area contributed by atoms with Gasteiger partial charge in [0.1, 0.15) is 11.6 Å². The molecule has 0 radical (unpaired) electrons. The average Bonchev–Trinajstić information content (AvgIpc) is 2.50. The molecule has 0 heterocycles. The van der Waals surface area contributed by atoms with Crippen LogP contribution in [0, 0.1) is 5.82 Å². The standard InChI is InChI=1S/C17H19FN2O2/c1-3-22-16-7-5-4-6-15(16)20-17(21)19-12(2)13-8-10-14(18)11-9-13/h4-12H,3H2,1-2H3,(H2,19,20,21). The predicted molar refractivity (Wildman–Crippen MR) is 84.6 cm³/mol. The highest BCUT2D eigenvalue weighted by molar-refractivity contribution is 5.91. The average molecular weight is 302 g/mol. The highest BCUT2D eigenvalue weighted by Gasteiger charge is 2.11. The maximum atomic E-state index is 12.9. The van der Waals surface area contributed by atoms with Crippen molar-refractivity contribution < 1.29 is 13.9 Å². The Morgan fingerprint density at radius 3 is 2.55 bits per heavy atom. The van der Waals surface area contributed by atoms with E-state index in [9.17, 15) is 9.18 Å². The molecule has 22 heavy (non-hydrogen) atoms. The first-order valence-corrected chi connectivity index (χ1v) is 7.15. The molecule has 0 aromatic heterocycles. The minimum absolute atomic E-state index is 0.236. The molecule has 0 saturated heterocycles. The Morgan fingerprint density at radius 1 is 1.18 bits per heavy atom. The van der Waals surface area contributed by atoms with E-state index in [-0.39, 0.29) is 17.9 Å². The van der Waals surface area contributed by atoms with Crippen molar-refractivity contribution in [1.29, 1.82) is 0 Å². The first-order valence-electron chi connectivity index (χ1n) is 7.15. The quantitative estimate of drug-likeness (QED) is 0.873. The molecule has 1 unspecified atom stereocenters. The third-order valence-corrected chi connectivity index (χ3v) is 3.15. The van der Waals surface area contributed by atoms with E-state index in [2.05, 4.69) is 10.6 Å². The van der Waals surface area contributed by atoms with Crippen molar-refractivity contribution in [3.63, 3.8) is 0 Å². The van der Waals surface area contributed by atoms with Crippen molar-refractivity contribution in [2.45, 2.75) is 19.9 Å². The van der Waals surface area contributed by atoms with Gasteiger partial charge in [0.05, 0.1) is 18.3 Å². The number of urea groups is 1. The van der Waals surface area contributed by atoms with Gasteiger partial charge in [-0.1, -0.05) is 24.3 Å². The van der Waals surface area contributed by atoms with Gasteiger partial charge in [0.25, 0.3) is 0 Å². The Labute approximate surface area is 129 Å². The Morgan fingerprint density at radius 2 is 1.86 bits per heavy atom. The van der Waals surface area contributed by atoms with Crippen LogP contribution >= 0.6 is 0 Å². The number of halogens is 1. The zero-order chi connectivity index (χ0) is 15.9. The maximum Gasteiger partial charge on any atom is 0.319 e. The van der Waals surface area contributed by atoms with Crippen molar-refractivity contribution in [3.8, 4) is 5.75 Å². The van der Waals surface area contributed by atoms with Gasteiger partial charge in [0.2, 0.25) is 0 Å². The second-order valence-corrected chi connectivity index (χ2v) is 4.80. The van der Waals surface area contributed by atoms with Crippen LogP contribution in [0.25, 0.3) is 0 Å². The highest BCUT2D eigenvalue weighted by Crippen LogP contribution is 2.23. The number of amides is 2. The van der Waals surface area contributed by atoms with Gasteiger partial charge in [-0.25, -0.2) is 9.18 Å². The molecule has 2 rings (SSSR count). The lowest BCUT2D eigenvalue weighted by Crippen LogP contribution is -2.31. The van der Waals surface area contributed by atoms with Crippen molar-refractivity contribution in [2.24, 2.45) is 0 Å². The molecule has 0 aliphatic heterocycles. The summed E-state index contributed by atoms with van der Waals surface area (Å²) < 4.78 is 18.4. The predicted octanol–water partition coefficient (Wildman–Crippen LogP) is 4.11. The second kappa shape index (κ2) is 7.45. The number of hydrogen-bond acceptors (Lipinski definition) is 2. The summed E-state index contributed by atoms with van der Waals surface area (Å²) in [6, 6.07) is 12.7. The van der Waals surface area contributed by atoms with Crippen molar-refractivity contribution >= 4 is 11.7 Å². The molecule has 0 aliphatic rings. The van der Waals surface area contributed by atoms with E-state index < -0.39 is 0 Å². The summed E-state index contributed by atoms with van der Waals surface area (Å²) in [5.74, 6) is 0.320. The molecule has 2 amide bonds. The minimum Gasteiger partial charge on any atom is -0.492 e. The van der Waals surface area contributed by atoms with E-state index in [1.807, 2.05) is 26.0 Å². The molecular formula is C17H19FN2O2. The van der Waals surface area contributed by atoms with Crippen LogP contribution in [0.4, 0.5) is 14.9 Å². The van der Waals surface area contributed by atoms with Gasteiger partial charge in [-0.05, 0) is 43.7 Å². The number of benzene rings is 2. The smallest absolute Gasteiger partial charge is 0.319 e. The van der Waals surface area contributed by atoms with E-state index in [1.165, 1.54) is 12.1 Å².